The summed E-state index contributed by atoms with van der Waals surface area (Å²) >= 11 is 6.55. The number of H-pyrrole nitrogens is 1. The highest BCUT2D eigenvalue weighted by atomic mass is 35.5. The number of pyridine rings is 2. The summed E-state index contributed by atoms with van der Waals surface area (Å²) in [5, 5.41) is 10.4. The fourth-order valence-electron chi connectivity index (χ4n) is 4.49. The number of aliphatic hydroxyl groups is 1. The Morgan fingerprint density at radius 1 is 1.12 bits per heavy atom. The van der Waals surface area contributed by atoms with Gasteiger partial charge in [0.15, 0.2) is 12.0 Å². The molecular weight excluding hydrogens is 436 g/mol. The van der Waals surface area contributed by atoms with E-state index < -0.39 is 6.10 Å². The van der Waals surface area contributed by atoms with Gasteiger partial charge in [-0.3, -0.25) is 0 Å². The maximum Gasteiger partial charge on any atom is 0.193 e. The minimum atomic E-state index is -0.609. The lowest BCUT2D eigenvalue weighted by atomic mass is 10.1. The number of morpholine rings is 1. The molecule has 0 spiro atoms. The number of hydrogen-bond acceptors (Lipinski definition) is 8. The van der Waals surface area contributed by atoms with E-state index in [2.05, 4.69) is 14.9 Å². The summed E-state index contributed by atoms with van der Waals surface area (Å²) in [5.74, 6) is 1.48. The quantitative estimate of drug-likeness (QED) is 0.612. The third kappa shape index (κ3) is 3.60. The van der Waals surface area contributed by atoms with Crippen molar-refractivity contribution in [2.75, 3.05) is 44.4 Å². The number of anilines is 1. The number of halogens is 1. The molecule has 2 N–H and O–H groups in total. The molecule has 0 saturated carbocycles. The highest BCUT2D eigenvalue weighted by molar-refractivity contribution is 6.33. The molecule has 0 unspecified atom stereocenters. The van der Waals surface area contributed by atoms with Gasteiger partial charge in [0.05, 0.1) is 48.2 Å². The molecule has 0 aliphatic carbocycles. The first kappa shape index (κ1) is 20.2. The molecule has 3 aromatic rings. The monoisotopic (exact) mass is 458 g/mol. The number of ether oxygens (including phenoxy) is 4. The van der Waals surface area contributed by atoms with E-state index >= 15 is 0 Å². The molecule has 3 aliphatic heterocycles. The van der Waals surface area contributed by atoms with Gasteiger partial charge in [-0.15, -0.1) is 0 Å². The Morgan fingerprint density at radius 3 is 2.78 bits per heavy atom. The van der Waals surface area contributed by atoms with E-state index in [1.807, 2.05) is 24.3 Å². The van der Waals surface area contributed by atoms with Crippen LogP contribution in [0.1, 0.15) is 0 Å². The minimum absolute atomic E-state index is 0.265. The normalized spacial score (nSPS) is 27.8. The second-order valence-corrected chi connectivity index (χ2v) is 8.62. The van der Waals surface area contributed by atoms with Gasteiger partial charge >= 0.3 is 0 Å². The number of aromatic amines is 1. The van der Waals surface area contributed by atoms with Crippen LogP contribution in [0, 0.1) is 0 Å². The number of rotatable bonds is 4. The van der Waals surface area contributed by atoms with Gasteiger partial charge in [-0.2, -0.15) is 0 Å². The van der Waals surface area contributed by atoms with Crippen molar-refractivity contribution in [2.45, 2.75) is 24.4 Å². The van der Waals surface area contributed by atoms with Gasteiger partial charge in [0, 0.05) is 30.9 Å². The van der Waals surface area contributed by atoms with E-state index in [1.54, 1.807) is 6.20 Å². The van der Waals surface area contributed by atoms with Crippen molar-refractivity contribution in [1.82, 2.24) is 15.0 Å². The second-order valence-electron chi connectivity index (χ2n) is 8.21. The SMILES string of the molecule is O[C@@H]1CO[C@H]2[C@@H]1OC[C@H]2Oc1cc2nc(-c3ccc(N4CCOCC4)nc3)c(Cl)cc2[nH]1. The van der Waals surface area contributed by atoms with Crippen LogP contribution >= 0.6 is 11.6 Å². The standard InChI is InChI=1S/C22H23ClN4O5/c23-13-7-14-15(8-19(25-14)32-17-11-31-21-16(28)10-30-22(17)21)26-20(13)12-1-2-18(24-9-12)27-3-5-29-6-4-27/h1-2,7-9,16-17,21-22,25,28H,3-6,10-11H2/t16-,17-,21-,22-/m1/s1. The van der Waals surface area contributed by atoms with Crippen molar-refractivity contribution in [3.05, 3.63) is 35.5 Å². The number of nitrogens with zero attached hydrogens (tertiary/aromatic N) is 3. The molecule has 3 aromatic heterocycles. The third-order valence-corrected chi connectivity index (χ3v) is 6.44. The number of aromatic nitrogens is 3. The molecule has 3 saturated heterocycles. The van der Waals surface area contributed by atoms with Crippen LogP contribution in [-0.4, -0.2) is 84.0 Å². The Morgan fingerprint density at radius 2 is 1.97 bits per heavy atom. The molecule has 0 amide bonds. The Balaban J connectivity index is 1.23. The summed E-state index contributed by atoms with van der Waals surface area (Å²) < 4.78 is 22.7. The third-order valence-electron chi connectivity index (χ3n) is 6.15. The Labute approximate surface area is 189 Å². The zero-order valence-corrected chi connectivity index (χ0v) is 18.0. The van der Waals surface area contributed by atoms with E-state index in [9.17, 15) is 5.11 Å². The summed E-state index contributed by atoms with van der Waals surface area (Å²) in [6.45, 7) is 3.73. The molecule has 6 heterocycles. The second kappa shape index (κ2) is 8.17. The van der Waals surface area contributed by atoms with Crippen LogP contribution in [0.15, 0.2) is 30.5 Å². The fourth-order valence-corrected chi connectivity index (χ4v) is 4.75. The topological polar surface area (TPSA) is 102 Å². The molecule has 10 heteroatoms. The van der Waals surface area contributed by atoms with Crippen LogP contribution in [0.3, 0.4) is 0 Å². The minimum Gasteiger partial charge on any atom is -0.470 e. The van der Waals surface area contributed by atoms with E-state index in [0.717, 1.165) is 35.5 Å². The van der Waals surface area contributed by atoms with Gasteiger partial charge in [-0.1, -0.05) is 11.6 Å². The molecule has 3 aliphatic rings. The Bertz CT molecular complexity index is 1120. The van der Waals surface area contributed by atoms with Crippen LogP contribution in [0.2, 0.25) is 5.02 Å². The molecule has 4 atom stereocenters. The number of fused-ring (bicyclic) bond motifs is 2. The van der Waals surface area contributed by atoms with Crippen molar-refractivity contribution in [1.29, 1.82) is 0 Å². The highest BCUT2D eigenvalue weighted by Crippen LogP contribution is 2.33. The van der Waals surface area contributed by atoms with Crippen LogP contribution in [-0.2, 0) is 14.2 Å². The molecule has 6 rings (SSSR count). The molecule has 0 bridgehead atoms. The molecule has 32 heavy (non-hydrogen) atoms. The lowest BCUT2D eigenvalue weighted by Crippen LogP contribution is -2.36. The first-order valence-corrected chi connectivity index (χ1v) is 11.1. The Kier molecular flexibility index (Phi) is 5.15. The van der Waals surface area contributed by atoms with Gasteiger partial charge in [0.1, 0.15) is 24.1 Å². The van der Waals surface area contributed by atoms with Gasteiger partial charge in [0.25, 0.3) is 0 Å². The fraction of sp³-hybridized carbons (Fsp3) is 0.455. The van der Waals surface area contributed by atoms with Crippen molar-refractivity contribution in [3.63, 3.8) is 0 Å². The van der Waals surface area contributed by atoms with Crippen molar-refractivity contribution in [2.24, 2.45) is 0 Å². The first-order chi connectivity index (χ1) is 15.7. The largest absolute Gasteiger partial charge is 0.470 e. The maximum absolute atomic E-state index is 9.91. The number of aliphatic hydroxyl groups excluding tert-OH is 1. The molecule has 3 fully saturated rings. The van der Waals surface area contributed by atoms with Gasteiger partial charge in [0.2, 0.25) is 0 Å². The molecular formula is C22H23ClN4O5. The van der Waals surface area contributed by atoms with Crippen LogP contribution in [0.5, 0.6) is 5.88 Å². The van der Waals surface area contributed by atoms with Crippen LogP contribution in [0.4, 0.5) is 5.82 Å². The first-order valence-electron chi connectivity index (χ1n) is 10.7. The number of nitrogens with one attached hydrogen (secondary N) is 1. The van der Waals surface area contributed by atoms with Gasteiger partial charge in [-0.05, 0) is 18.2 Å². The summed E-state index contributed by atoms with van der Waals surface area (Å²) in [5.41, 5.74) is 3.02. The van der Waals surface area contributed by atoms with E-state index in [0.29, 0.717) is 36.4 Å². The van der Waals surface area contributed by atoms with Crippen molar-refractivity contribution in [3.8, 4) is 17.1 Å². The highest BCUT2D eigenvalue weighted by Gasteiger charge is 2.48. The summed E-state index contributed by atoms with van der Waals surface area (Å²) in [6, 6.07) is 7.65. The van der Waals surface area contributed by atoms with E-state index in [1.165, 1.54) is 0 Å². The zero-order chi connectivity index (χ0) is 21.7. The average molecular weight is 459 g/mol. The van der Waals surface area contributed by atoms with E-state index in [-0.39, 0.29) is 24.9 Å². The van der Waals surface area contributed by atoms with Crippen molar-refractivity contribution >= 4 is 28.5 Å². The summed E-state index contributed by atoms with van der Waals surface area (Å²) in [6.07, 6.45) is 0.281. The van der Waals surface area contributed by atoms with Crippen LogP contribution in [0.25, 0.3) is 22.3 Å². The summed E-state index contributed by atoms with van der Waals surface area (Å²) in [7, 11) is 0. The van der Waals surface area contributed by atoms with Gasteiger partial charge in [-0.25, -0.2) is 9.97 Å². The lowest BCUT2D eigenvalue weighted by molar-refractivity contribution is 0.00794. The van der Waals surface area contributed by atoms with Crippen molar-refractivity contribution < 1.29 is 24.1 Å². The predicted octanol–water partition coefficient (Wildman–Crippen LogP) is 2.02. The average Bonchev–Trinajstić information content (AvgIpc) is 3.51. The molecule has 9 nitrogen and oxygen atoms in total. The number of hydrogen-bond donors (Lipinski definition) is 2. The lowest BCUT2D eigenvalue weighted by Gasteiger charge is -2.27. The molecule has 0 radical (unpaired) electrons. The summed E-state index contributed by atoms with van der Waals surface area (Å²) in [4.78, 5) is 14.8. The van der Waals surface area contributed by atoms with E-state index in [4.69, 9.17) is 35.5 Å². The molecule has 168 valence electrons. The molecule has 0 aromatic carbocycles. The Hall–Kier alpha value is -2.43. The predicted molar refractivity (Wildman–Crippen MR) is 117 cm³/mol. The maximum atomic E-state index is 9.91. The van der Waals surface area contributed by atoms with Crippen LogP contribution < -0.4 is 9.64 Å². The van der Waals surface area contributed by atoms with Gasteiger partial charge < -0.3 is 33.9 Å². The zero-order valence-electron chi connectivity index (χ0n) is 17.2. The smallest absolute Gasteiger partial charge is 0.193 e.